The molecule has 3 aromatic rings. The van der Waals surface area contributed by atoms with Gasteiger partial charge in [0.1, 0.15) is 24.2 Å². The topological polar surface area (TPSA) is 66.8 Å². The lowest BCUT2D eigenvalue weighted by molar-refractivity contribution is -0.141. The van der Waals surface area contributed by atoms with Gasteiger partial charge in [-0.1, -0.05) is 49.6 Å². The van der Waals surface area contributed by atoms with Crippen molar-refractivity contribution in [2.75, 3.05) is 0 Å². The molecule has 1 atom stereocenters. The van der Waals surface area contributed by atoms with E-state index in [0.717, 1.165) is 53.7 Å². The van der Waals surface area contributed by atoms with Gasteiger partial charge in [0, 0.05) is 16.5 Å². The highest BCUT2D eigenvalue weighted by Gasteiger charge is 2.49. The van der Waals surface area contributed by atoms with Crippen molar-refractivity contribution in [3.05, 3.63) is 92.7 Å². The molecule has 5 nitrogen and oxygen atoms in total. The molecule has 0 bridgehead atoms. The van der Waals surface area contributed by atoms with Crippen LogP contribution in [0.5, 0.6) is 5.75 Å². The molecule has 2 fully saturated rings. The van der Waals surface area contributed by atoms with E-state index >= 15 is 0 Å². The number of aliphatic hydroxyl groups excluding tert-OH is 1. The molecule has 0 radical (unpaired) electrons. The Bertz CT molecular complexity index is 1300. The van der Waals surface area contributed by atoms with Crippen LogP contribution >= 0.6 is 11.3 Å². The first-order chi connectivity index (χ1) is 17.5. The van der Waals surface area contributed by atoms with Crippen LogP contribution in [0.25, 0.3) is 5.76 Å². The molecule has 5 rings (SSSR count). The summed E-state index contributed by atoms with van der Waals surface area (Å²) in [5.74, 6) is -0.510. The number of ketones is 1. The van der Waals surface area contributed by atoms with Crippen LogP contribution in [-0.4, -0.2) is 27.7 Å². The molecule has 6 heteroatoms. The van der Waals surface area contributed by atoms with Crippen LogP contribution < -0.4 is 4.74 Å². The molecule has 186 valence electrons. The molecule has 2 heterocycles. The number of ether oxygens (including phenoxy) is 1. The van der Waals surface area contributed by atoms with Crippen LogP contribution in [0.15, 0.2) is 65.6 Å². The molecule has 1 saturated heterocycles. The molecule has 1 amide bonds. The molecule has 1 aliphatic heterocycles. The molecule has 1 saturated carbocycles. The smallest absolute Gasteiger partial charge is 0.295 e. The van der Waals surface area contributed by atoms with Crippen molar-refractivity contribution in [1.82, 2.24) is 4.90 Å². The Morgan fingerprint density at radius 1 is 1.00 bits per heavy atom. The predicted molar refractivity (Wildman–Crippen MR) is 142 cm³/mol. The number of thiophene rings is 1. The maximum Gasteiger partial charge on any atom is 0.295 e. The fraction of sp³-hybridized carbons (Fsp3) is 0.333. The summed E-state index contributed by atoms with van der Waals surface area (Å²) in [6.07, 6.45) is 5.03. The van der Waals surface area contributed by atoms with Gasteiger partial charge in [-0.15, -0.1) is 11.3 Å². The second kappa shape index (κ2) is 10.3. The molecular weight excluding hydrogens is 470 g/mol. The van der Waals surface area contributed by atoms with Gasteiger partial charge in [-0.05, 0) is 73.0 Å². The highest BCUT2D eigenvalue weighted by molar-refractivity contribution is 7.10. The lowest BCUT2D eigenvalue weighted by Gasteiger charge is -2.35. The number of hydrogen-bond donors (Lipinski definition) is 1. The maximum absolute atomic E-state index is 13.4. The number of rotatable bonds is 6. The fourth-order valence-electron chi connectivity index (χ4n) is 5.36. The van der Waals surface area contributed by atoms with Gasteiger partial charge in [0.25, 0.3) is 11.7 Å². The zero-order valence-electron chi connectivity index (χ0n) is 20.7. The van der Waals surface area contributed by atoms with Gasteiger partial charge >= 0.3 is 0 Å². The number of hydrogen-bond acceptors (Lipinski definition) is 5. The Morgan fingerprint density at radius 3 is 2.42 bits per heavy atom. The quantitative estimate of drug-likeness (QED) is 0.232. The number of amides is 1. The van der Waals surface area contributed by atoms with Crippen LogP contribution in [0.3, 0.4) is 0 Å². The number of nitrogens with zero attached hydrogens (tertiary/aromatic N) is 1. The molecular formula is C30H31NO4S. The first-order valence-electron chi connectivity index (χ1n) is 12.6. The van der Waals surface area contributed by atoms with E-state index in [-0.39, 0.29) is 17.4 Å². The van der Waals surface area contributed by atoms with E-state index < -0.39 is 17.7 Å². The molecule has 2 aliphatic rings. The highest BCUT2D eigenvalue weighted by atomic mass is 32.1. The monoisotopic (exact) mass is 501 g/mol. The summed E-state index contributed by atoms with van der Waals surface area (Å²) in [7, 11) is 0. The largest absolute Gasteiger partial charge is 0.507 e. The van der Waals surface area contributed by atoms with E-state index in [1.165, 1.54) is 11.3 Å². The third kappa shape index (κ3) is 4.58. The van der Waals surface area contributed by atoms with Crippen molar-refractivity contribution < 1.29 is 19.4 Å². The van der Waals surface area contributed by atoms with Crippen LogP contribution in [0.1, 0.15) is 65.3 Å². The maximum atomic E-state index is 13.4. The lowest BCUT2D eigenvalue weighted by atomic mass is 9.92. The van der Waals surface area contributed by atoms with Crippen LogP contribution in [0.2, 0.25) is 0 Å². The van der Waals surface area contributed by atoms with Crippen LogP contribution in [0.4, 0.5) is 0 Å². The van der Waals surface area contributed by atoms with Crippen molar-refractivity contribution in [2.24, 2.45) is 0 Å². The van der Waals surface area contributed by atoms with E-state index in [2.05, 4.69) is 0 Å². The summed E-state index contributed by atoms with van der Waals surface area (Å²) in [6, 6.07) is 16.8. The van der Waals surface area contributed by atoms with Crippen molar-refractivity contribution >= 4 is 28.8 Å². The number of likely N-dealkylation sites (tertiary alicyclic amines) is 1. The molecule has 2 aromatic carbocycles. The van der Waals surface area contributed by atoms with Gasteiger partial charge in [0.2, 0.25) is 0 Å². The predicted octanol–water partition coefficient (Wildman–Crippen LogP) is 6.70. The first kappa shape index (κ1) is 24.3. The summed E-state index contributed by atoms with van der Waals surface area (Å²) >= 11 is 1.53. The molecule has 1 aliphatic carbocycles. The second-order valence-corrected chi connectivity index (χ2v) is 10.7. The Morgan fingerprint density at radius 2 is 1.75 bits per heavy atom. The lowest BCUT2D eigenvalue weighted by Crippen LogP contribution is -2.40. The average molecular weight is 502 g/mol. The minimum atomic E-state index is -0.599. The molecule has 1 aromatic heterocycles. The van der Waals surface area contributed by atoms with Crippen molar-refractivity contribution in [2.45, 2.75) is 64.6 Å². The van der Waals surface area contributed by atoms with E-state index in [1.54, 1.807) is 11.0 Å². The van der Waals surface area contributed by atoms with Crippen molar-refractivity contribution in [1.29, 1.82) is 0 Å². The normalized spacial score (nSPS) is 20.2. The van der Waals surface area contributed by atoms with Gasteiger partial charge < -0.3 is 14.7 Å². The molecule has 1 N–H and O–H groups in total. The van der Waals surface area contributed by atoms with Gasteiger partial charge in [0.05, 0.1) is 5.57 Å². The molecule has 0 spiro atoms. The van der Waals surface area contributed by atoms with Crippen LogP contribution in [-0.2, 0) is 16.2 Å². The Balaban J connectivity index is 1.50. The number of aliphatic hydroxyl groups is 1. The van der Waals surface area contributed by atoms with Crippen molar-refractivity contribution in [3.63, 3.8) is 0 Å². The average Bonchev–Trinajstić information content (AvgIpc) is 3.43. The highest BCUT2D eigenvalue weighted by Crippen LogP contribution is 2.45. The van der Waals surface area contributed by atoms with E-state index in [1.807, 2.05) is 67.8 Å². The molecule has 36 heavy (non-hydrogen) atoms. The number of aryl methyl sites for hydroxylation is 2. The zero-order chi connectivity index (χ0) is 25.2. The Labute approximate surface area is 216 Å². The van der Waals surface area contributed by atoms with Crippen LogP contribution in [0, 0.1) is 13.8 Å². The number of carbonyl (C=O) groups excluding carboxylic acids is 2. The first-order valence-corrected chi connectivity index (χ1v) is 13.5. The zero-order valence-corrected chi connectivity index (χ0v) is 21.5. The van der Waals surface area contributed by atoms with E-state index in [4.69, 9.17) is 4.74 Å². The Hall–Kier alpha value is -3.38. The van der Waals surface area contributed by atoms with E-state index in [9.17, 15) is 14.7 Å². The summed E-state index contributed by atoms with van der Waals surface area (Å²) in [4.78, 5) is 29.4. The van der Waals surface area contributed by atoms with Crippen molar-refractivity contribution in [3.8, 4) is 5.75 Å². The minimum absolute atomic E-state index is 0.0162. The third-order valence-corrected chi connectivity index (χ3v) is 8.36. The van der Waals surface area contributed by atoms with E-state index in [0.29, 0.717) is 17.9 Å². The van der Waals surface area contributed by atoms with Gasteiger partial charge in [-0.2, -0.15) is 0 Å². The minimum Gasteiger partial charge on any atom is -0.507 e. The Kier molecular flexibility index (Phi) is 6.97. The number of carbonyl (C=O) groups is 2. The van der Waals surface area contributed by atoms with Gasteiger partial charge in [-0.25, -0.2) is 0 Å². The summed E-state index contributed by atoms with van der Waals surface area (Å²) < 4.78 is 5.99. The second-order valence-electron chi connectivity index (χ2n) is 9.72. The SMILES string of the molecule is Cc1cc(/C(O)=C2/C(=O)C(=O)N(C3CCCCC3)C2c2sccc2C)ccc1OCc1ccccc1. The molecule has 1 unspecified atom stereocenters. The summed E-state index contributed by atoms with van der Waals surface area (Å²) in [5, 5.41) is 13.4. The number of Topliss-reactive ketones (excluding diaryl/α,β-unsaturated/α-hetero) is 1. The standard InChI is InChI=1S/C30H31NO4S/c1-19-15-16-36-29(19)26-25(28(33)30(34)31(26)23-11-7-4-8-12-23)27(32)22-13-14-24(20(2)17-22)35-18-21-9-5-3-6-10-21/h3,5-6,9-10,13-17,23,26,32H,4,7-8,11-12,18H2,1-2H3/b27-25-. The summed E-state index contributed by atoms with van der Waals surface area (Å²) in [6.45, 7) is 4.35. The van der Waals surface area contributed by atoms with Gasteiger partial charge in [-0.3, -0.25) is 9.59 Å². The third-order valence-electron chi connectivity index (χ3n) is 7.28. The summed E-state index contributed by atoms with van der Waals surface area (Å²) in [5.41, 5.74) is 3.65. The number of benzene rings is 2. The van der Waals surface area contributed by atoms with Gasteiger partial charge in [0.15, 0.2) is 0 Å². The fourth-order valence-corrected chi connectivity index (χ4v) is 6.39.